The molecule has 4 heteroatoms. The van der Waals surface area contributed by atoms with Crippen molar-refractivity contribution in [1.82, 2.24) is 0 Å². The van der Waals surface area contributed by atoms with Crippen LogP contribution in [0, 0.1) is 0 Å². The third kappa shape index (κ3) is 2.75. The van der Waals surface area contributed by atoms with Crippen molar-refractivity contribution >= 4 is 7.12 Å². The summed E-state index contributed by atoms with van der Waals surface area (Å²) < 4.78 is 17.2. The van der Waals surface area contributed by atoms with Crippen molar-refractivity contribution < 1.29 is 14.0 Å². The highest BCUT2D eigenvalue weighted by Crippen LogP contribution is 2.36. The highest BCUT2D eigenvalue weighted by molar-refractivity contribution is 6.51. The maximum absolute atomic E-state index is 5.87. The van der Waals surface area contributed by atoms with Gasteiger partial charge in [0.1, 0.15) is 6.10 Å². The molecule has 0 bridgehead atoms. The third-order valence-corrected chi connectivity index (χ3v) is 3.72. The van der Waals surface area contributed by atoms with Crippen molar-refractivity contribution in [3.63, 3.8) is 0 Å². The molecule has 1 unspecified atom stereocenters. The molecule has 0 radical (unpaired) electrons. The van der Waals surface area contributed by atoms with Crippen molar-refractivity contribution in [2.45, 2.75) is 57.8 Å². The van der Waals surface area contributed by atoms with Gasteiger partial charge in [-0.2, -0.15) is 0 Å². The minimum atomic E-state index is -0.269. The van der Waals surface area contributed by atoms with E-state index in [-0.39, 0.29) is 24.4 Å². The Morgan fingerprint density at radius 1 is 1.18 bits per heavy atom. The van der Waals surface area contributed by atoms with Crippen LogP contribution in [0.2, 0.25) is 0 Å². The number of ether oxygens (including phenoxy) is 1. The van der Waals surface area contributed by atoms with Crippen LogP contribution in [-0.4, -0.2) is 24.4 Å². The molecule has 2 aliphatic heterocycles. The molecule has 0 saturated carbocycles. The topological polar surface area (TPSA) is 27.7 Å². The average Bonchev–Trinajstić information content (AvgIpc) is 2.46. The molecule has 0 aromatic carbocycles. The molecule has 3 nitrogen and oxygen atoms in total. The highest BCUT2D eigenvalue weighted by atomic mass is 16.7. The van der Waals surface area contributed by atoms with E-state index in [1.807, 2.05) is 18.1 Å². The molecule has 0 amide bonds. The summed E-state index contributed by atoms with van der Waals surface area (Å²) in [5.74, 6) is 1.96. The Morgan fingerprint density at radius 3 is 2.35 bits per heavy atom. The Kier molecular flexibility index (Phi) is 3.37. The van der Waals surface area contributed by atoms with Crippen molar-refractivity contribution in [2.24, 2.45) is 0 Å². The van der Waals surface area contributed by atoms with Crippen molar-refractivity contribution in [3.05, 3.63) is 24.4 Å². The van der Waals surface area contributed by atoms with Crippen LogP contribution >= 0.6 is 0 Å². The van der Waals surface area contributed by atoms with Gasteiger partial charge in [-0.25, -0.2) is 0 Å². The lowest BCUT2D eigenvalue weighted by atomic mass is 9.89. The van der Waals surface area contributed by atoms with E-state index in [2.05, 4.69) is 27.7 Å². The third-order valence-electron chi connectivity index (χ3n) is 3.72. The number of rotatable bonds is 2. The molecule has 0 spiro atoms. The average molecular weight is 236 g/mol. The van der Waals surface area contributed by atoms with E-state index < -0.39 is 0 Å². The lowest BCUT2D eigenvalue weighted by Gasteiger charge is -2.32. The first-order chi connectivity index (χ1) is 7.91. The molecular weight excluding hydrogens is 215 g/mol. The summed E-state index contributed by atoms with van der Waals surface area (Å²) in [4.78, 5) is 0. The van der Waals surface area contributed by atoms with Crippen LogP contribution in [0.15, 0.2) is 24.4 Å². The molecular formula is C13H21BO3. The van der Waals surface area contributed by atoms with E-state index in [1.165, 1.54) is 0 Å². The van der Waals surface area contributed by atoms with Gasteiger partial charge in [-0.05, 0) is 46.6 Å². The van der Waals surface area contributed by atoms with Gasteiger partial charge in [-0.1, -0.05) is 12.1 Å². The van der Waals surface area contributed by atoms with Gasteiger partial charge in [0.2, 0.25) is 0 Å². The van der Waals surface area contributed by atoms with E-state index in [1.54, 1.807) is 6.26 Å². The standard InChI is InChI=1S/C13H21BO3/c1-12(2)13(3,4)17-14(16-12)9-8-11-7-5-6-10-15-11/h6,8-11H,5,7H2,1-4H3/b9-8+. The van der Waals surface area contributed by atoms with Crippen LogP contribution in [0.3, 0.4) is 0 Å². The Bertz CT molecular complexity index is 318. The van der Waals surface area contributed by atoms with Gasteiger partial charge in [0.15, 0.2) is 0 Å². The zero-order chi connectivity index (χ0) is 12.5. The smallest absolute Gasteiger partial charge is 0.486 e. The lowest BCUT2D eigenvalue weighted by Crippen LogP contribution is -2.41. The maximum Gasteiger partial charge on any atom is 0.486 e. The number of allylic oxidation sites excluding steroid dienone is 1. The summed E-state index contributed by atoms with van der Waals surface area (Å²) in [6.45, 7) is 8.22. The van der Waals surface area contributed by atoms with Crippen molar-refractivity contribution in [2.75, 3.05) is 0 Å². The summed E-state index contributed by atoms with van der Waals surface area (Å²) in [6, 6.07) is 0. The first-order valence-electron chi connectivity index (χ1n) is 6.25. The number of hydrogen-bond donors (Lipinski definition) is 0. The fourth-order valence-corrected chi connectivity index (χ4v) is 1.88. The monoisotopic (exact) mass is 236 g/mol. The molecule has 1 fully saturated rings. The van der Waals surface area contributed by atoms with E-state index in [0.29, 0.717) is 0 Å². The molecule has 2 rings (SSSR count). The Balaban J connectivity index is 1.93. The Morgan fingerprint density at radius 2 is 1.82 bits per heavy atom. The minimum Gasteiger partial charge on any atom is -0.494 e. The SMILES string of the molecule is CC1(C)OB(/C=C/C2CCC=CO2)OC1(C)C. The predicted octanol–water partition coefficient (Wildman–Crippen LogP) is 2.87. The van der Waals surface area contributed by atoms with Crippen LogP contribution in [-0.2, 0) is 14.0 Å². The van der Waals surface area contributed by atoms with Crippen molar-refractivity contribution in [1.29, 1.82) is 0 Å². The van der Waals surface area contributed by atoms with Gasteiger partial charge in [0.05, 0.1) is 17.5 Å². The molecule has 0 aliphatic carbocycles. The minimum absolute atomic E-state index is 0.152. The molecule has 2 aliphatic rings. The van der Waals surface area contributed by atoms with Crippen LogP contribution < -0.4 is 0 Å². The molecule has 2 heterocycles. The van der Waals surface area contributed by atoms with Gasteiger partial charge < -0.3 is 14.0 Å². The molecule has 1 saturated heterocycles. The second-order valence-corrected chi connectivity index (χ2v) is 5.63. The number of hydrogen-bond acceptors (Lipinski definition) is 3. The quantitative estimate of drug-likeness (QED) is 0.690. The van der Waals surface area contributed by atoms with E-state index in [9.17, 15) is 0 Å². The molecule has 0 N–H and O–H groups in total. The second kappa shape index (κ2) is 4.50. The largest absolute Gasteiger partial charge is 0.494 e. The van der Waals surface area contributed by atoms with Crippen LogP contribution in [0.25, 0.3) is 0 Å². The van der Waals surface area contributed by atoms with Crippen LogP contribution in [0.5, 0.6) is 0 Å². The summed E-state index contributed by atoms with van der Waals surface area (Å²) in [6.07, 6.45) is 8.08. The lowest BCUT2D eigenvalue weighted by molar-refractivity contribution is 0.00578. The summed E-state index contributed by atoms with van der Waals surface area (Å²) >= 11 is 0. The van der Waals surface area contributed by atoms with E-state index >= 15 is 0 Å². The molecule has 94 valence electrons. The zero-order valence-corrected chi connectivity index (χ0v) is 11.1. The molecule has 0 aromatic rings. The van der Waals surface area contributed by atoms with E-state index in [4.69, 9.17) is 14.0 Å². The van der Waals surface area contributed by atoms with Gasteiger partial charge in [0.25, 0.3) is 0 Å². The summed E-state index contributed by atoms with van der Waals surface area (Å²) in [7, 11) is -0.269. The molecule has 0 aromatic heterocycles. The molecule has 17 heavy (non-hydrogen) atoms. The van der Waals surface area contributed by atoms with Gasteiger partial charge in [-0.3, -0.25) is 0 Å². The summed E-state index contributed by atoms with van der Waals surface area (Å²) in [5, 5.41) is 0. The van der Waals surface area contributed by atoms with Gasteiger partial charge >= 0.3 is 7.12 Å². The Hall–Kier alpha value is -0.735. The summed E-state index contributed by atoms with van der Waals surface area (Å²) in [5.41, 5.74) is -0.537. The normalized spacial score (nSPS) is 30.8. The zero-order valence-electron chi connectivity index (χ0n) is 11.1. The van der Waals surface area contributed by atoms with Crippen LogP contribution in [0.1, 0.15) is 40.5 Å². The molecule has 1 atom stereocenters. The maximum atomic E-state index is 5.87. The second-order valence-electron chi connectivity index (χ2n) is 5.63. The first-order valence-corrected chi connectivity index (χ1v) is 6.25. The fourth-order valence-electron chi connectivity index (χ4n) is 1.88. The fraction of sp³-hybridized carbons (Fsp3) is 0.692. The Labute approximate surface area is 104 Å². The predicted molar refractivity (Wildman–Crippen MR) is 68.5 cm³/mol. The highest BCUT2D eigenvalue weighted by Gasteiger charge is 2.50. The van der Waals surface area contributed by atoms with Crippen molar-refractivity contribution in [3.8, 4) is 0 Å². The van der Waals surface area contributed by atoms with E-state index in [0.717, 1.165) is 12.8 Å². The van der Waals surface area contributed by atoms with Crippen LogP contribution in [0.4, 0.5) is 0 Å². The van der Waals surface area contributed by atoms with Gasteiger partial charge in [0, 0.05) is 0 Å². The first kappa shape index (κ1) is 12.7. The van der Waals surface area contributed by atoms with Gasteiger partial charge in [-0.15, -0.1) is 0 Å².